The molecule has 0 saturated heterocycles. The van der Waals surface area contributed by atoms with Gasteiger partial charge in [-0.3, -0.25) is 0 Å². The van der Waals surface area contributed by atoms with E-state index in [9.17, 15) is 0 Å². The first-order valence-electron chi connectivity index (χ1n) is 10.2. The molecule has 0 aromatic heterocycles. The van der Waals surface area contributed by atoms with Crippen LogP contribution in [0.5, 0.6) is 0 Å². The number of nitrogens with one attached hydrogen (secondary N) is 2. The minimum Gasteiger partial charge on any atom is -0.312 e. The zero-order valence-electron chi connectivity index (χ0n) is 16.3. The molecule has 0 heterocycles. The predicted molar refractivity (Wildman–Crippen MR) is 102 cm³/mol. The van der Waals surface area contributed by atoms with Gasteiger partial charge in [-0.15, -0.1) is 0 Å². The second-order valence-corrected chi connectivity index (χ2v) is 6.85. The lowest BCUT2D eigenvalue weighted by atomic mass is 9.79. The van der Waals surface area contributed by atoms with E-state index < -0.39 is 0 Å². The van der Waals surface area contributed by atoms with Gasteiger partial charge in [0.1, 0.15) is 0 Å². The summed E-state index contributed by atoms with van der Waals surface area (Å²) in [6, 6.07) is 0.628. The quantitative estimate of drug-likeness (QED) is 0.359. The first kappa shape index (κ1) is 21.9. The Morgan fingerprint density at radius 1 is 0.682 bits per heavy atom. The summed E-state index contributed by atoms with van der Waals surface area (Å²) in [5, 5.41) is 7.70. The van der Waals surface area contributed by atoms with Crippen molar-refractivity contribution in [2.75, 3.05) is 13.1 Å². The Labute approximate surface area is 141 Å². The maximum Gasteiger partial charge on any atom is 0.0334 e. The summed E-state index contributed by atoms with van der Waals surface area (Å²) in [6.07, 6.45) is 14.8. The second kappa shape index (κ2) is 14.5. The molecule has 134 valence electrons. The van der Waals surface area contributed by atoms with Crippen molar-refractivity contribution in [3.8, 4) is 0 Å². The Morgan fingerprint density at radius 2 is 1.27 bits per heavy atom. The van der Waals surface area contributed by atoms with E-state index in [1.807, 2.05) is 0 Å². The molecule has 0 aliphatic heterocycles. The van der Waals surface area contributed by atoms with Gasteiger partial charge in [0.15, 0.2) is 0 Å². The molecule has 1 atom stereocenters. The molecular weight excluding hydrogens is 268 g/mol. The average Bonchev–Trinajstić information content (AvgIpc) is 2.50. The number of hydrogen-bond donors (Lipinski definition) is 2. The van der Waals surface area contributed by atoms with E-state index in [0.717, 1.165) is 13.1 Å². The van der Waals surface area contributed by atoms with E-state index in [4.69, 9.17) is 0 Å². The fourth-order valence-electron chi connectivity index (χ4n) is 3.97. The Morgan fingerprint density at radius 3 is 1.77 bits per heavy atom. The fourth-order valence-corrected chi connectivity index (χ4v) is 3.97. The molecule has 0 radical (unpaired) electrons. The standard InChI is InChI=1S/C20H44N2/c1-6-11-12-13-14-15-16-19(21-9-4)20(17-7-2,18-8-3)22-10-5/h19,21-22H,6-18H2,1-5H3. The summed E-state index contributed by atoms with van der Waals surface area (Å²) in [5.41, 5.74) is 0.303. The molecule has 0 aromatic carbocycles. The van der Waals surface area contributed by atoms with Crippen molar-refractivity contribution in [3.63, 3.8) is 0 Å². The largest absolute Gasteiger partial charge is 0.312 e. The average molecular weight is 313 g/mol. The molecule has 2 heteroatoms. The Bertz CT molecular complexity index is 211. The van der Waals surface area contributed by atoms with Crippen molar-refractivity contribution in [1.29, 1.82) is 0 Å². The Kier molecular flexibility index (Phi) is 14.5. The monoisotopic (exact) mass is 312 g/mol. The molecule has 0 aromatic rings. The summed E-state index contributed by atoms with van der Waals surface area (Å²) in [4.78, 5) is 0. The topological polar surface area (TPSA) is 24.1 Å². The number of hydrogen-bond acceptors (Lipinski definition) is 2. The van der Waals surface area contributed by atoms with Gasteiger partial charge in [0.25, 0.3) is 0 Å². The van der Waals surface area contributed by atoms with Crippen LogP contribution in [0.1, 0.15) is 105 Å². The Balaban J connectivity index is 4.58. The number of unbranched alkanes of at least 4 members (excludes halogenated alkanes) is 5. The molecule has 0 aliphatic rings. The van der Waals surface area contributed by atoms with Crippen LogP contribution in [0.15, 0.2) is 0 Å². The van der Waals surface area contributed by atoms with Crippen molar-refractivity contribution in [3.05, 3.63) is 0 Å². The molecular formula is C20H44N2. The van der Waals surface area contributed by atoms with Crippen molar-refractivity contribution in [1.82, 2.24) is 10.6 Å². The molecule has 0 saturated carbocycles. The molecule has 0 bridgehead atoms. The minimum atomic E-state index is 0.303. The summed E-state index contributed by atoms with van der Waals surface area (Å²) in [6.45, 7) is 13.6. The van der Waals surface area contributed by atoms with Gasteiger partial charge in [-0.05, 0) is 32.4 Å². The van der Waals surface area contributed by atoms with Gasteiger partial charge >= 0.3 is 0 Å². The maximum atomic E-state index is 3.88. The Hall–Kier alpha value is -0.0800. The summed E-state index contributed by atoms with van der Waals surface area (Å²) < 4.78 is 0. The van der Waals surface area contributed by atoms with Crippen LogP contribution in [0.25, 0.3) is 0 Å². The normalized spacial score (nSPS) is 13.5. The SMILES string of the molecule is CCCCCCCCC(NCC)C(CCC)(CCC)NCC. The highest BCUT2D eigenvalue weighted by molar-refractivity contribution is 4.98. The molecule has 1 unspecified atom stereocenters. The summed E-state index contributed by atoms with van der Waals surface area (Å²) in [5.74, 6) is 0. The fraction of sp³-hybridized carbons (Fsp3) is 1.00. The molecule has 0 rings (SSSR count). The second-order valence-electron chi connectivity index (χ2n) is 6.85. The van der Waals surface area contributed by atoms with Crippen molar-refractivity contribution >= 4 is 0 Å². The highest BCUT2D eigenvalue weighted by Crippen LogP contribution is 2.27. The van der Waals surface area contributed by atoms with Crippen molar-refractivity contribution < 1.29 is 0 Å². The summed E-state index contributed by atoms with van der Waals surface area (Å²) >= 11 is 0. The first-order chi connectivity index (χ1) is 10.7. The molecule has 0 spiro atoms. The van der Waals surface area contributed by atoms with Crippen LogP contribution in [0.3, 0.4) is 0 Å². The van der Waals surface area contributed by atoms with Gasteiger partial charge in [-0.25, -0.2) is 0 Å². The lowest BCUT2D eigenvalue weighted by molar-refractivity contribution is 0.189. The van der Waals surface area contributed by atoms with Crippen LogP contribution in [-0.4, -0.2) is 24.7 Å². The van der Waals surface area contributed by atoms with Gasteiger partial charge in [0.05, 0.1) is 0 Å². The zero-order valence-corrected chi connectivity index (χ0v) is 16.3. The smallest absolute Gasteiger partial charge is 0.0334 e. The van der Waals surface area contributed by atoms with Gasteiger partial charge in [0.2, 0.25) is 0 Å². The van der Waals surface area contributed by atoms with Crippen molar-refractivity contribution in [2.24, 2.45) is 0 Å². The minimum absolute atomic E-state index is 0.303. The van der Waals surface area contributed by atoms with Crippen LogP contribution < -0.4 is 10.6 Å². The van der Waals surface area contributed by atoms with Crippen LogP contribution >= 0.6 is 0 Å². The number of rotatable bonds is 16. The van der Waals surface area contributed by atoms with E-state index in [2.05, 4.69) is 45.3 Å². The summed E-state index contributed by atoms with van der Waals surface area (Å²) in [7, 11) is 0. The van der Waals surface area contributed by atoms with Gasteiger partial charge < -0.3 is 10.6 Å². The van der Waals surface area contributed by atoms with Crippen LogP contribution in [0.2, 0.25) is 0 Å². The third kappa shape index (κ3) is 8.53. The van der Waals surface area contributed by atoms with Crippen LogP contribution in [0.4, 0.5) is 0 Å². The van der Waals surface area contributed by atoms with Gasteiger partial charge in [0, 0.05) is 11.6 Å². The molecule has 2 N–H and O–H groups in total. The third-order valence-corrected chi connectivity index (χ3v) is 4.88. The molecule has 2 nitrogen and oxygen atoms in total. The van der Waals surface area contributed by atoms with Crippen LogP contribution in [0, 0.1) is 0 Å². The molecule has 0 amide bonds. The van der Waals surface area contributed by atoms with Crippen LogP contribution in [-0.2, 0) is 0 Å². The maximum absolute atomic E-state index is 3.88. The predicted octanol–water partition coefficient (Wildman–Crippen LogP) is 5.66. The first-order valence-corrected chi connectivity index (χ1v) is 10.2. The molecule has 0 fully saturated rings. The van der Waals surface area contributed by atoms with E-state index >= 15 is 0 Å². The highest BCUT2D eigenvalue weighted by Gasteiger charge is 2.35. The van der Waals surface area contributed by atoms with Crippen molar-refractivity contribution in [2.45, 2.75) is 117 Å². The lowest BCUT2D eigenvalue weighted by Crippen LogP contribution is -2.59. The van der Waals surface area contributed by atoms with E-state index in [-0.39, 0.29) is 0 Å². The molecule has 0 aliphatic carbocycles. The zero-order chi connectivity index (χ0) is 16.7. The number of likely N-dealkylation sites (N-methyl/N-ethyl adjacent to an activating group) is 2. The van der Waals surface area contributed by atoms with Gasteiger partial charge in [-0.1, -0.05) is 86.0 Å². The third-order valence-electron chi connectivity index (χ3n) is 4.88. The lowest BCUT2D eigenvalue weighted by Gasteiger charge is -2.42. The van der Waals surface area contributed by atoms with E-state index in [0.29, 0.717) is 11.6 Å². The molecule has 22 heavy (non-hydrogen) atoms. The van der Waals surface area contributed by atoms with E-state index in [1.54, 1.807) is 0 Å². The highest BCUT2D eigenvalue weighted by atomic mass is 15.1. The van der Waals surface area contributed by atoms with Gasteiger partial charge in [-0.2, -0.15) is 0 Å². The van der Waals surface area contributed by atoms with E-state index in [1.165, 1.54) is 70.6 Å².